The molecule has 2 aromatic rings. The standard InChI is InChI=1S/C16H19NO4/c1-19-14-9-12(11-18)10-15(20-2)16(14)21-8-6-13-5-3-4-7-17-13/h3-5,7,9-10,18H,6,8,11H2,1-2H3. The Kier molecular flexibility index (Phi) is 5.40. The summed E-state index contributed by atoms with van der Waals surface area (Å²) in [6.07, 6.45) is 2.45. The van der Waals surface area contributed by atoms with Crippen LogP contribution < -0.4 is 14.2 Å². The molecule has 112 valence electrons. The van der Waals surface area contributed by atoms with Crippen LogP contribution in [0.2, 0.25) is 0 Å². The van der Waals surface area contributed by atoms with Crippen LogP contribution >= 0.6 is 0 Å². The number of aromatic nitrogens is 1. The zero-order valence-electron chi connectivity index (χ0n) is 12.2. The molecule has 0 fully saturated rings. The summed E-state index contributed by atoms with van der Waals surface area (Å²) in [5, 5.41) is 9.23. The molecule has 0 atom stereocenters. The molecule has 1 aromatic carbocycles. The SMILES string of the molecule is COc1cc(CO)cc(OC)c1OCCc1ccccn1. The van der Waals surface area contributed by atoms with Gasteiger partial charge in [-0.1, -0.05) is 6.07 Å². The Morgan fingerprint density at radius 1 is 1.10 bits per heavy atom. The van der Waals surface area contributed by atoms with Crippen molar-refractivity contribution < 1.29 is 19.3 Å². The molecule has 1 heterocycles. The number of ether oxygens (including phenoxy) is 3. The van der Waals surface area contributed by atoms with Crippen molar-refractivity contribution in [1.82, 2.24) is 4.98 Å². The number of hydrogen-bond acceptors (Lipinski definition) is 5. The summed E-state index contributed by atoms with van der Waals surface area (Å²) in [5.74, 6) is 1.62. The smallest absolute Gasteiger partial charge is 0.203 e. The Labute approximate surface area is 124 Å². The molecule has 0 aliphatic heterocycles. The van der Waals surface area contributed by atoms with Crippen molar-refractivity contribution in [3.63, 3.8) is 0 Å². The number of hydrogen-bond donors (Lipinski definition) is 1. The van der Waals surface area contributed by atoms with Gasteiger partial charge >= 0.3 is 0 Å². The van der Waals surface area contributed by atoms with E-state index in [1.807, 2.05) is 18.2 Å². The summed E-state index contributed by atoms with van der Waals surface area (Å²) < 4.78 is 16.4. The highest BCUT2D eigenvalue weighted by Gasteiger charge is 2.14. The van der Waals surface area contributed by atoms with E-state index in [2.05, 4.69) is 4.98 Å². The Morgan fingerprint density at radius 2 is 1.81 bits per heavy atom. The van der Waals surface area contributed by atoms with Gasteiger partial charge in [-0.2, -0.15) is 0 Å². The minimum atomic E-state index is -0.0824. The number of pyridine rings is 1. The molecule has 5 nitrogen and oxygen atoms in total. The summed E-state index contributed by atoms with van der Waals surface area (Å²) in [5.41, 5.74) is 1.67. The normalized spacial score (nSPS) is 10.2. The number of aliphatic hydroxyl groups excluding tert-OH is 1. The minimum absolute atomic E-state index is 0.0824. The van der Waals surface area contributed by atoms with E-state index in [1.165, 1.54) is 0 Å². The van der Waals surface area contributed by atoms with Gasteiger partial charge in [-0.15, -0.1) is 0 Å². The van der Waals surface area contributed by atoms with Crippen LogP contribution in [0, 0.1) is 0 Å². The van der Waals surface area contributed by atoms with Crippen molar-refractivity contribution in [3.05, 3.63) is 47.8 Å². The van der Waals surface area contributed by atoms with E-state index in [0.717, 1.165) is 5.69 Å². The average molecular weight is 289 g/mol. The second-order valence-corrected chi connectivity index (χ2v) is 4.41. The molecular weight excluding hydrogens is 270 g/mol. The van der Waals surface area contributed by atoms with Crippen molar-refractivity contribution in [2.24, 2.45) is 0 Å². The molecule has 2 rings (SSSR count). The van der Waals surface area contributed by atoms with E-state index in [0.29, 0.717) is 35.8 Å². The Bertz CT molecular complexity index is 547. The highest BCUT2D eigenvalue weighted by atomic mass is 16.5. The van der Waals surface area contributed by atoms with Crippen LogP contribution in [0.3, 0.4) is 0 Å². The summed E-state index contributed by atoms with van der Waals surface area (Å²) in [6.45, 7) is 0.378. The molecule has 0 aliphatic rings. The fraction of sp³-hybridized carbons (Fsp3) is 0.312. The first-order valence-corrected chi connectivity index (χ1v) is 6.67. The van der Waals surface area contributed by atoms with Crippen molar-refractivity contribution >= 4 is 0 Å². The predicted molar refractivity (Wildman–Crippen MR) is 78.9 cm³/mol. The second-order valence-electron chi connectivity index (χ2n) is 4.41. The van der Waals surface area contributed by atoms with Crippen molar-refractivity contribution in [2.75, 3.05) is 20.8 Å². The Hall–Kier alpha value is -2.27. The monoisotopic (exact) mass is 289 g/mol. The number of aliphatic hydroxyl groups is 1. The molecule has 0 saturated heterocycles. The lowest BCUT2D eigenvalue weighted by Crippen LogP contribution is -2.05. The highest BCUT2D eigenvalue weighted by molar-refractivity contribution is 5.53. The number of methoxy groups -OCH3 is 2. The van der Waals surface area contributed by atoms with Crippen LogP contribution in [-0.4, -0.2) is 30.9 Å². The van der Waals surface area contributed by atoms with Gasteiger partial charge in [0, 0.05) is 18.3 Å². The van der Waals surface area contributed by atoms with E-state index in [4.69, 9.17) is 14.2 Å². The average Bonchev–Trinajstić information content (AvgIpc) is 2.55. The van der Waals surface area contributed by atoms with E-state index in [-0.39, 0.29) is 6.61 Å². The lowest BCUT2D eigenvalue weighted by molar-refractivity contribution is 0.267. The van der Waals surface area contributed by atoms with Crippen molar-refractivity contribution in [2.45, 2.75) is 13.0 Å². The first-order chi connectivity index (χ1) is 10.3. The summed E-state index contributed by atoms with van der Waals surface area (Å²) in [7, 11) is 3.11. The number of nitrogens with zero attached hydrogens (tertiary/aromatic N) is 1. The highest BCUT2D eigenvalue weighted by Crippen LogP contribution is 2.38. The Morgan fingerprint density at radius 3 is 2.33 bits per heavy atom. The largest absolute Gasteiger partial charge is 0.493 e. The quantitative estimate of drug-likeness (QED) is 0.847. The van der Waals surface area contributed by atoms with Crippen molar-refractivity contribution in [3.8, 4) is 17.2 Å². The summed E-state index contributed by atoms with van der Waals surface area (Å²) in [4.78, 5) is 4.25. The fourth-order valence-electron chi connectivity index (χ4n) is 1.97. The molecular formula is C16H19NO4. The molecule has 1 N–H and O–H groups in total. The first-order valence-electron chi connectivity index (χ1n) is 6.67. The van der Waals surface area contributed by atoms with Crippen LogP contribution in [0.1, 0.15) is 11.3 Å². The molecule has 0 bridgehead atoms. The van der Waals surface area contributed by atoms with Crippen LogP contribution in [0.25, 0.3) is 0 Å². The first kappa shape index (κ1) is 15.1. The molecule has 5 heteroatoms. The van der Waals surface area contributed by atoms with Gasteiger partial charge in [0.1, 0.15) is 0 Å². The summed E-state index contributed by atoms with van der Waals surface area (Å²) >= 11 is 0. The molecule has 1 aromatic heterocycles. The van der Waals surface area contributed by atoms with Gasteiger partial charge in [0.15, 0.2) is 11.5 Å². The van der Waals surface area contributed by atoms with Gasteiger partial charge < -0.3 is 19.3 Å². The third-order valence-corrected chi connectivity index (χ3v) is 3.03. The maximum Gasteiger partial charge on any atom is 0.203 e. The minimum Gasteiger partial charge on any atom is -0.493 e. The van der Waals surface area contributed by atoms with Gasteiger partial charge in [0.25, 0.3) is 0 Å². The molecule has 0 amide bonds. The van der Waals surface area contributed by atoms with E-state index in [9.17, 15) is 5.11 Å². The molecule has 0 unspecified atom stereocenters. The zero-order valence-corrected chi connectivity index (χ0v) is 12.2. The second kappa shape index (κ2) is 7.50. The molecule has 0 radical (unpaired) electrons. The van der Waals surface area contributed by atoms with Gasteiger partial charge in [-0.05, 0) is 29.8 Å². The van der Waals surface area contributed by atoms with Crippen LogP contribution in [0.15, 0.2) is 36.5 Å². The van der Waals surface area contributed by atoms with Crippen molar-refractivity contribution in [1.29, 1.82) is 0 Å². The van der Waals surface area contributed by atoms with Crippen LogP contribution in [-0.2, 0) is 13.0 Å². The van der Waals surface area contributed by atoms with Gasteiger partial charge in [-0.3, -0.25) is 4.98 Å². The lowest BCUT2D eigenvalue weighted by atomic mass is 10.2. The number of rotatable bonds is 7. The van der Waals surface area contributed by atoms with Gasteiger partial charge in [0.05, 0.1) is 27.4 Å². The fourth-order valence-corrected chi connectivity index (χ4v) is 1.97. The van der Waals surface area contributed by atoms with E-state index < -0.39 is 0 Å². The molecule has 0 spiro atoms. The van der Waals surface area contributed by atoms with Crippen LogP contribution in [0.5, 0.6) is 17.2 Å². The lowest BCUT2D eigenvalue weighted by Gasteiger charge is -2.15. The van der Waals surface area contributed by atoms with E-state index >= 15 is 0 Å². The third-order valence-electron chi connectivity index (χ3n) is 3.03. The number of benzene rings is 1. The summed E-state index contributed by atoms with van der Waals surface area (Å²) in [6, 6.07) is 9.24. The van der Waals surface area contributed by atoms with Crippen LogP contribution in [0.4, 0.5) is 0 Å². The van der Waals surface area contributed by atoms with Gasteiger partial charge in [0.2, 0.25) is 5.75 Å². The molecule has 21 heavy (non-hydrogen) atoms. The third kappa shape index (κ3) is 3.86. The van der Waals surface area contributed by atoms with E-state index in [1.54, 1.807) is 32.5 Å². The van der Waals surface area contributed by atoms with Gasteiger partial charge in [-0.25, -0.2) is 0 Å². The maximum atomic E-state index is 9.23. The zero-order chi connectivity index (χ0) is 15.1. The Balaban J connectivity index is 2.11. The predicted octanol–water partition coefficient (Wildman–Crippen LogP) is 2.21. The molecule has 0 aliphatic carbocycles. The molecule has 0 saturated carbocycles. The topological polar surface area (TPSA) is 60.8 Å². The maximum absolute atomic E-state index is 9.23.